The number of hydrogen-bond donors (Lipinski definition) is 1. The van der Waals surface area contributed by atoms with Gasteiger partial charge in [-0.1, -0.05) is 18.2 Å². The highest BCUT2D eigenvalue weighted by molar-refractivity contribution is 5.90. The number of fused-ring (bicyclic) bond motifs is 1. The molecule has 0 amide bonds. The van der Waals surface area contributed by atoms with Crippen molar-refractivity contribution in [2.45, 2.75) is 12.5 Å². The van der Waals surface area contributed by atoms with Gasteiger partial charge in [0.15, 0.2) is 0 Å². The molecule has 108 valence electrons. The third-order valence-corrected chi connectivity index (χ3v) is 3.64. The zero-order valence-electron chi connectivity index (χ0n) is 11.7. The van der Waals surface area contributed by atoms with Crippen LogP contribution in [0.15, 0.2) is 42.5 Å². The van der Waals surface area contributed by atoms with E-state index in [4.69, 9.17) is 9.84 Å². The Morgan fingerprint density at radius 1 is 1.24 bits per heavy atom. The molecule has 0 aromatic heterocycles. The van der Waals surface area contributed by atoms with E-state index in [2.05, 4.69) is 10.8 Å². The molecular formula is C17H16O4. The van der Waals surface area contributed by atoms with Crippen LogP contribution in [-0.4, -0.2) is 30.9 Å². The number of carbonyl (C=O) groups excluding carboxylic acids is 1. The number of aliphatic hydroxyl groups is 1. The third-order valence-electron chi connectivity index (χ3n) is 3.64. The van der Waals surface area contributed by atoms with Gasteiger partial charge in [-0.15, -0.1) is 0 Å². The summed E-state index contributed by atoms with van der Waals surface area (Å²) in [5.74, 6) is 0.499. The highest BCUT2D eigenvalue weighted by Crippen LogP contribution is 2.32. The molecule has 0 bridgehead atoms. The zero-order chi connectivity index (χ0) is 14.8. The second kappa shape index (κ2) is 5.58. The van der Waals surface area contributed by atoms with Crippen LogP contribution in [0.3, 0.4) is 0 Å². The van der Waals surface area contributed by atoms with Gasteiger partial charge in [-0.2, -0.15) is 0 Å². The highest BCUT2D eigenvalue weighted by atomic mass is 16.5. The van der Waals surface area contributed by atoms with Crippen molar-refractivity contribution in [1.82, 2.24) is 0 Å². The molecule has 3 rings (SSSR count). The van der Waals surface area contributed by atoms with E-state index >= 15 is 0 Å². The number of carbonyl (C=O) groups is 1. The van der Waals surface area contributed by atoms with Crippen LogP contribution >= 0.6 is 0 Å². The topological polar surface area (TPSA) is 55.8 Å². The molecule has 1 heterocycles. The summed E-state index contributed by atoms with van der Waals surface area (Å²) in [6, 6.07) is 13.3. The maximum absolute atomic E-state index is 11.4. The van der Waals surface area contributed by atoms with Crippen molar-refractivity contribution in [3.05, 3.63) is 53.6 Å². The first kappa shape index (κ1) is 13.6. The van der Waals surface area contributed by atoms with E-state index in [-0.39, 0.29) is 18.7 Å². The lowest BCUT2D eigenvalue weighted by Crippen LogP contribution is -2.17. The van der Waals surface area contributed by atoms with E-state index in [1.54, 1.807) is 12.1 Å². The Hall–Kier alpha value is -2.33. The van der Waals surface area contributed by atoms with Crippen LogP contribution in [0.1, 0.15) is 15.9 Å². The number of esters is 1. The van der Waals surface area contributed by atoms with Gasteiger partial charge >= 0.3 is 5.97 Å². The van der Waals surface area contributed by atoms with Crippen molar-refractivity contribution in [3.8, 4) is 16.9 Å². The Morgan fingerprint density at radius 3 is 2.62 bits per heavy atom. The molecule has 1 aliphatic heterocycles. The number of methoxy groups -OCH3 is 1. The monoisotopic (exact) mass is 284 g/mol. The molecule has 4 heteroatoms. The summed E-state index contributed by atoms with van der Waals surface area (Å²) in [6.07, 6.45) is 0.580. The lowest BCUT2D eigenvalue weighted by Gasteiger charge is -2.06. The van der Waals surface area contributed by atoms with Crippen molar-refractivity contribution in [3.63, 3.8) is 0 Å². The van der Waals surface area contributed by atoms with Gasteiger partial charge in [-0.05, 0) is 41.0 Å². The smallest absolute Gasteiger partial charge is 0.337 e. The van der Waals surface area contributed by atoms with Crippen molar-refractivity contribution >= 4 is 5.97 Å². The molecule has 0 spiro atoms. The fourth-order valence-electron chi connectivity index (χ4n) is 2.52. The summed E-state index contributed by atoms with van der Waals surface area (Å²) >= 11 is 0. The molecule has 2 aromatic carbocycles. The van der Waals surface area contributed by atoms with Crippen LogP contribution in [0.5, 0.6) is 5.75 Å². The second-order valence-corrected chi connectivity index (χ2v) is 5.02. The van der Waals surface area contributed by atoms with Gasteiger partial charge < -0.3 is 14.6 Å². The molecule has 0 aliphatic carbocycles. The fourth-order valence-corrected chi connectivity index (χ4v) is 2.52. The van der Waals surface area contributed by atoms with Crippen molar-refractivity contribution in [2.24, 2.45) is 0 Å². The number of aliphatic hydroxyl groups excluding tert-OH is 1. The van der Waals surface area contributed by atoms with Gasteiger partial charge in [0.25, 0.3) is 0 Å². The minimum atomic E-state index is -0.338. The normalized spacial score (nSPS) is 16.2. The van der Waals surface area contributed by atoms with Gasteiger partial charge in [-0.3, -0.25) is 0 Å². The number of ether oxygens (including phenoxy) is 2. The van der Waals surface area contributed by atoms with Crippen LogP contribution in [0, 0.1) is 0 Å². The van der Waals surface area contributed by atoms with E-state index in [1.807, 2.05) is 24.3 Å². The van der Waals surface area contributed by atoms with Gasteiger partial charge in [0.1, 0.15) is 11.9 Å². The van der Waals surface area contributed by atoms with Gasteiger partial charge in [0, 0.05) is 6.42 Å². The molecule has 1 aliphatic rings. The predicted octanol–water partition coefficient (Wildman–Crippen LogP) is 2.44. The minimum Gasteiger partial charge on any atom is -0.487 e. The predicted molar refractivity (Wildman–Crippen MR) is 78.4 cm³/mol. The largest absolute Gasteiger partial charge is 0.487 e. The number of benzene rings is 2. The molecule has 4 nitrogen and oxygen atoms in total. The molecule has 1 N–H and O–H groups in total. The molecular weight excluding hydrogens is 268 g/mol. The molecule has 2 aromatic rings. The first-order valence-electron chi connectivity index (χ1n) is 6.80. The minimum absolute atomic E-state index is 0.0256. The summed E-state index contributed by atoms with van der Waals surface area (Å²) < 4.78 is 10.3. The first-order valence-corrected chi connectivity index (χ1v) is 6.80. The molecule has 1 unspecified atom stereocenters. The summed E-state index contributed by atoms with van der Waals surface area (Å²) in [5.41, 5.74) is 3.72. The SMILES string of the molecule is COC(=O)c1ccc(-c2ccc3c(c2)CC(CO)O3)cc1. The van der Waals surface area contributed by atoms with E-state index in [9.17, 15) is 4.79 Å². The summed E-state index contributed by atoms with van der Waals surface area (Å²) in [5, 5.41) is 9.16. The Labute approximate surface area is 122 Å². The van der Waals surface area contributed by atoms with Gasteiger partial charge in [-0.25, -0.2) is 4.79 Å². The average Bonchev–Trinajstić information content (AvgIpc) is 2.96. The highest BCUT2D eigenvalue weighted by Gasteiger charge is 2.22. The van der Waals surface area contributed by atoms with Crippen LogP contribution in [0.2, 0.25) is 0 Å². The molecule has 0 radical (unpaired) electrons. The van der Waals surface area contributed by atoms with E-state index < -0.39 is 0 Å². The third kappa shape index (κ3) is 2.62. The van der Waals surface area contributed by atoms with E-state index in [0.29, 0.717) is 5.56 Å². The van der Waals surface area contributed by atoms with Crippen molar-refractivity contribution in [2.75, 3.05) is 13.7 Å². The average molecular weight is 284 g/mol. The quantitative estimate of drug-likeness (QED) is 0.880. The Balaban J connectivity index is 1.87. The maximum atomic E-state index is 11.4. The van der Waals surface area contributed by atoms with Gasteiger partial charge in [0.2, 0.25) is 0 Å². The molecule has 1 atom stereocenters. The Kier molecular flexibility index (Phi) is 3.62. The second-order valence-electron chi connectivity index (χ2n) is 5.02. The molecule has 0 fully saturated rings. The molecule has 21 heavy (non-hydrogen) atoms. The number of rotatable bonds is 3. The van der Waals surface area contributed by atoms with Crippen LogP contribution in [-0.2, 0) is 11.2 Å². The first-order chi connectivity index (χ1) is 10.2. The van der Waals surface area contributed by atoms with Crippen molar-refractivity contribution < 1.29 is 19.4 Å². The van der Waals surface area contributed by atoms with Crippen LogP contribution in [0.4, 0.5) is 0 Å². The van der Waals surface area contributed by atoms with E-state index in [1.165, 1.54) is 7.11 Å². The van der Waals surface area contributed by atoms with Crippen molar-refractivity contribution in [1.29, 1.82) is 0 Å². The van der Waals surface area contributed by atoms with Crippen LogP contribution < -0.4 is 4.74 Å². The lowest BCUT2D eigenvalue weighted by molar-refractivity contribution is 0.0601. The zero-order valence-corrected chi connectivity index (χ0v) is 11.7. The summed E-state index contributed by atoms with van der Waals surface area (Å²) in [6.45, 7) is 0.0256. The Morgan fingerprint density at radius 2 is 1.95 bits per heavy atom. The van der Waals surface area contributed by atoms with E-state index in [0.717, 1.165) is 28.9 Å². The maximum Gasteiger partial charge on any atom is 0.337 e. The van der Waals surface area contributed by atoms with Gasteiger partial charge in [0.05, 0.1) is 19.3 Å². The van der Waals surface area contributed by atoms with Crippen LogP contribution in [0.25, 0.3) is 11.1 Å². The standard InChI is InChI=1S/C17H16O4/c1-20-17(19)12-4-2-11(3-5-12)13-6-7-16-14(8-13)9-15(10-18)21-16/h2-8,15,18H,9-10H2,1H3. The molecule has 0 saturated heterocycles. The molecule has 0 saturated carbocycles. The lowest BCUT2D eigenvalue weighted by atomic mass is 10.00. The summed E-state index contributed by atoms with van der Waals surface area (Å²) in [7, 11) is 1.37. The number of hydrogen-bond acceptors (Lipinski definition) is 4. The fraction of sp³-hybridized carbons (Fsp3) is 0.235. The Bertz CT molecular complexity index is 661. The summed E-state index contributed by atoms with van der Waals surface area (Å²) in [4.78, 5) is 11.4.